The SMILES string of the molecule is Cc1cccc(C(=O)NCC(C)N2CCc3sccc3C2)c1. The predicted molar refractivity (Wildman–Crippen MR) is 91.4 cm³/mol. The fourth-order valence-corrected chi connectivity index (χ4v) is 3.79. The number of aryl methyl sites for hydroxylation is 1. The molecular weight excluding hydrogens is 292 g/mol. The number of benzene rings is 1. The van der Waals surface area contributed by atoms with Crippen molar-refractivity contribution >= 4 is 17.2 Å². The zero-order chi connectivity index (χ0) is 15.5. The van der Waals surface area contributed by atoms with Crippen LogP contribution in [-0.2, 0) is 13.0 Å². The van der Waals surface area contributed by atoms with Crippen LogP contribution in [0.5, 0.6) is 0 Å². The van der Waals surface area contributed by atoms with Gasteiger partial charge in [0.15, 0.2) is 0 Å². The Labute approximate surface area is 136 Å². The molecule has 3 rings (SSSR count). The minimum atomic E-state index is 0.0174. The summed E-state index contributed by atoms with van der Waals surface area (Å²) in [7, 11) is 0. The minimum Gasteiger partial charge on any atom is -0.350 e. The molecule has 0 saturated carbocycles. The summed E-state index contributed by atoms with van der Waals surface area (Å²) >= 11 is 1.86. The summed E-state index contributed by atoms with van der Waals surface area (Å²) < 4.78 is 0. The Morgan fingerprint density at radius 3 is 3.09 bits per heavy atom. The molecule has 0 aliphatic carbocycles. The molecule has 1 aromatic carbocycles. The molecule has 4 heteroatoms. The van der Waals surface area contributed by atoms with E-state index in [9.17, 15) is 4.79 Å². The molecule has 0 fully saturated rings. The van der Waals surface area contributed by atoms with Crippen molar-refractivity contribution < 1.29 is 4.79 Å². The van der Waals surface area contributed by atoms with Crippen molar-refractivity contribution in [3.05, 3.63) is 57.3 Å². The second-order valence-corrected chi connectivity index (χ2v) is 7.02. The smallest absolute Gasteiger partial charge is 0.251 e. The molecule has 22 heavy (non-hydrogen) atoms. The summed E-state index contributed by atoms with van der Waals surface area (Å²) in [6.45, 7) is 6.96. The number of amides is 1. The highest BCUT2D eigenvalue weighted by molar-refractivity contribution is 7.10. The largest absolute Gasteiger partial charge is 0.350 e. The summed E-state index contributed by atoms with van der Waals surface area (Å²) in [5, 5.41) is 5.24. The third-order valence-corrected chi connectivity index (χ3v) is 5.32. The first-order valence-electron chi connectivity index (χ1n) is 7.77. The monoisotopic (exact) mass is 314 g/mol. The van der Waals surface area contributed by atoms with Gasteiger partial charge in [-0.1, -0.05) is 17.7 Å². The van der Waals surface area contributed by atoms with Crippen LogP contribution in [0.3, 0.4) is 0 Å². The number of rotatable bonds is 4. The predicted octanol–water partition coefficient (Wildman–Crippen LogP) is 3.23. The van der Waals surface area contributed by atoms with E-state index < -0.39 is 0 Å². The average molecular weight is 314 g/mol. The van der Waals surface area contributed by atoms with Crippen molar-refractivity contribution in [3.63, 3.8) is 0 Å². The molecule has 2 aromatic rings. The van der Waals surface area contributed by atoms with Crippen molar-refractivity contribution in [2.75, 3.05) is 13.1 Å². The van der Waals surface area contributed by atoms with E-state index in [0.29, 0.717) is 12.6 Å². The summed E-state index contributed by atoms with van der Waals surface area (Å²) in [5.41, 5.74) is 3.31. The van der Waals surface area contributed by atoms with Crippen LogP contribution >= 0.6 is 11.3 Å². The summed E-state index contributed by atoms with van der Waals surface area (Å²) in [6, 6.07) is 10.3. The summed E-state index contributed by atoms with van der Waals surface area (Å²) in [6.07, 6.45) is 1.13. The number of hydrogen-bond acceptors (Lipinski definition) is 3. The zero-order valence-corrected chi connectivity index (χ0v) is 14.0. The second kappa shape index (κ2) is 6.63. The minimum absolute atomic E-state index is 0.0174. The van der Waals surface area contributed by atoms with E-state index in [1.807, 2.05) is 42.5 Å². The van der Waals surface area contributed by atoms with Crippen LogP contribution < -0.4 is 5.32 Å². The van der Waals surface area contributed by atoms with Crippen LogP contribution in [0.2, 0.25) is 0 Å². The number of carbonyl (C=O) groups excluding carboxylic acids is 1. The molecule has 3 nitrogen and oxygen atoms in total. The maximum atomic E-state index is 12.2. The van der Waals surface area contributed by atoms with E-state index in [4.69, 9.17) is 0 Å². The molecule has 1 aliphatic rings. The Hall–Kier alpha value is -1.65. The molecule has 0 saturated heterocycles. The average Bonchev–Trinajstić information content (AvgIpc) is 2.99. The number of fused-ring (bicyclic) bond motifs is 1. The van der Waals surface area contributed by atoms with Gasteiger partial charge in [-0.3, -0.25) is 9.69 Å². The van der Waals surface area contributed by atoms with E-state index in [1.54, 1.807) is 0 Å². The zero-order valence-electron chi connectivity index (χ0n) is 13.1. The van der Waals surface area contributed by atoms with Crippen LogP contribution in [0.15, 0.2) is 35.7 Å². The van der Waals surface area contributed by atoms with Gasteiger partial charge in [-0.05, 0) is 49.4 Å². The van der Waals surface area contributed by atoms with Crippen molar-refractivity contribution in [1.82, 2.24) is 10.2 Å². The molecule has 1 amide bonds. The lowest BCUT2D eigenvalue weighted by molar-refractivity contribution is 0.0932. The van der Waals surface area contributed by atoms with Gasteiger partial charge in [-0.2, -0.15) is 0 Å². The molecule has 1 aliphatic heterocycles. The van der Waals surface area contributed by atoms with E-state index in [1.165, 1.54) is 10.4 Å². The molecule has 0 bridgehead atoms. The molecule has 0 radical (unpaired) electrons. The van der Waals surface area contributed by atoms with Crippen LogP contribution in [0.25, 0.3) is 0 Å². The van der Waals surface area contributed by atoms with Gasteiger partial charge in [0.2, 0.25) is 0 Å². The molecule has 1 unspecified atom stereocenters. The van der Waals surface area contributed by atoms with E-state index >= 15 is 0 Å². The van der Waals surface area contributed by atoms with Gasteiger partial charge >= 0.3 is 0 Å². The molecular formula is C18H22N2OS. The van der Waals surface area contributed by atoms with Gasteiger partial charge in [-0.15, -0.1) is 11.3 Å². The van der Waals surface area contributed by atoms with Gasteiger partial charge < -0.3 is 5.32 Å². The molecule has 1 N–H and O–H groups in total. The summed E-state index contributed by atoms with van der Waals surface area (Å²) in [5.74, 6) is 0.0174. The molecule has 1 atom stereocenters. The van der Waals surface area contributed by atoms with Crippen LogP contribution in [-0.4, -0.2) is 29.9 Å². The molecule has 2 heterocycles. The van der Waals surface area contributed by atoms with E-state index in [2.05, 4.69) is 28.6 Å². The Balaban J connectivity index is 1.54. The quantitative estimate of drug-likeness (QED) is 0.939. The highest BCUT2D eigenvalue weighted by Gasteiger charge is 2.21. The number of thiophene rings is 1. The third-order valence-electron chi connectivity index (χ3n) is 4.30. The van der Waals surface area contributed by atoms with Crippen molar-refractivity contribution in [2.45, 2.75) is 32.9 Å². The maximum Gasteiger partial charge on any atom is 0.251 e. The third kappa shape index (κ3) is 3.39. The number of nitrogens with zero attached hydrogens (tertiary/aromatic N) is 1. The van der Waals surface area contributed by atoms with E-state index in [-0.39, 0.29) is 5.91 Å². The van der Waals surface area contributed by atoms with Gasteiger partial charge in [0.1, 0.15) is 0 Å². The molecule has 116 valence electrons. The van der Waals surface area contributed by atoms with Crippen LogP contribution in [0.1, 0.15) is 33.3 Å². The van der Waals surface area contributed by atoms with Crippen LogP contribution in [0, 0.1) is 6.92 Å². The maximum absolute atomic E-state index is 12.2. The van der Waals surface area contributed by atoms with Crippen molar-refractivity contribution in [3.8, 4) is 0 Å². The van der Waals surface area contributed by atoms with Gasteiger partial charge in [0.25, 0.3) is 5.91 Å². The normalized spacial score (nSPS) is 16.1. The Bertz CT molecular complexity index is 665. The topological polar surface area (TPSA) is 32.3 Å². The lowest BCUT2D eigenvalue weighted by atomic mass is 10.1. The van der Waals surface area contributed by atoms with Gasteiger partial charge in [0.05, 0.1) is 0 Å². The second-order valence-electron chi connectivity index (χ2n) is 6.02. The standard InChI is InChI=1S/C18H22N2OS/c1-13-4-3-5-15(10-13)18(21)19-11-14(2)20-8-6-17-16(12-20)7-9-22-17/h3-5,7,9-10,14H,6,8,11-12H2,1-2H3,(H,19,21). The Morgan fingerprint density at radius 2 is 2.27 bits per heavy atom. The van der Waals surface area contributed by atoms with Crippen molar-refractivity contribution in [1.29, 1.82) is 0 Å². The Kier molecular flexibility index (Phi) is 4.60. The fourth-order valence-electron chi connectivity index (χ4n) is 2.90. The van der Waals surface area contributed by atoms with Gasteiger partial charge in [0, 0.05) is 36.1 Å². The first kappa shape index (κ1) is 15.3. The lowest BCUT2D eigenvalue weighted by Gasteiger charge is -2.32. The number of carbonyl (C=O) groups is 1. The first-order chi connectivity index (χ1) is 10.6. The van der Waals surface area contributed by atoms with E-state index in [0.717, 1.165) is 30.6 Å². The van der Waals surface area contributed by atoms with Crippen LogP contribution in [0.4, 0.5) is 0 Å². The molecule has 1 aromatic heterocycles. The summed E-state index contributed by atoms with van der Waals surface area (Å²) in [4.78, 5) is 16.2. The number of nitrogens with one attached hydrogen (secondary N) is 1. The number of hydrogen-bond donors (Lipinski definition) is 1. The molecule has 0 spiro atoms. The van der Waals surface area contributed by atoms with Crippen molar-refractivity contribution in [2.24, 2.45) is 0 Å². The van der Waals surface area contributed by atoms with Gasteiger partial charge in [-0.25, -0.2) is 0 Å². The highest BCUT2D eigenvalue weighted by Crippen LogP contribution is 2.24. The first-order valence-corrected chi connectivity index (χ1v) is 8.65. The highest BCUT2D eigenvalue weighted by atomic mass is 32.1. The fraction of sp³-hybridized carbons (Fsp3) is 0.389. The Morgan fingerprint density at radius 1 is 1.41 bits per heavy atom. The lowest BCUT2D eigenvalue weighted by Crippen LogP contribution is -2.44.